The van der Waals surface area contributed by atoms with Crippen molar-refractivity contribution in [2.24, 2.45) is 5.92 Å². The Kier molecular flexibility index (Phi) is 11.3. The van der Waals surface area contributed by atoms with E-state index in [1.807, 2.05) is 0 Å². The zero-order valence-electron chi connectivity index (χ0n) is 11.9. The summed E-state index contributed by atoms with van der Waals surface area (Å²) in [5.41, 5.74) is 0. The Balaban J connectivity index is 3.19. The molecule has 0 rings (SSSR count). The Labute approximate surface area is 103 Å². The first-order chi connectivity index (χ1) is 7.70. The van der Waals surface area contributed by atoms with E-state index in [4.69, 9.17) is 0 Å². The maximum atomic E-state index is 3.50. The van der Waals surface area contributed by atoms with Gasteiger partial charge in [0.05, 0.1) is 0 Å². The highest BCUT2D eigenvalue weighted by molar-refractivity contribution is 4.56. The Bertz CT molecular complexity index is 135. The number of hydrogen-bond donors (Lipinski definition) is 1. The van der Waals surface area contributed by atoms with Crippen LogP contribution in [0.25, 0.3) is 0 Å². The third-order valence-corrected chi connectivity index (χ3v) is 2.87. The van der Waals surface area contributed by atoms with Crippen LogP contribution in [0.5, 0.6) is 0 Å². The van der Waals surface area contributed by atoms with Gasteiger partial charge >= 0.3 is 0 Å². The molecule has 0 bridgehead atoms. The smallest absolute Gasteiger partial charge is 0.00188 e. The zero-order chi connectivity index (χ0) is 12.2. The van der Waals surface area contributed by atoms with Gasteiger partial charge in [-0.05, 0) is 57.9 Å². The molecule has 2 heteroatoms. The molecule has 0 aromatic heterocycles. The summed E-state index contributed by atoms with van der Waals surface area (Å²) in [6.45, 7) is 15.2. The standard InChI is InChI=1S/C14H32N2/c1-5-11-16(6-2)12-9-7-8-10-15-13-14(3)4/h14-15H,5-13H2,1-4H3. The summed E-state index contributed by atoms with van der Waals surface area (Å²) in [6, 6.07) is 0. The first-order valence-corrected chi connectivity index (χ1v) is 7.13. The monoisotopic (exact) mass is 228 g/mol. The summed E-state index contributed by atoms with van der Waals surface area (Å²) < 4.78 is 0. The fraction of sp³-hybridized carbons (Fsp3) is 1.00. The van der Waals surface area contributed by atoms with E-state index in [-0.39, 0.29) is 0 Å². The molecule has 0 radical (unpaired) electrons. The number of hydrogen-bond acceptors (Lipinski definition) is 2. The molecule has 0 aromatic rings. The number of nitrogens with zero attached hydrogens (tertiary/aromatic N) is 1. The molecule has 0 aliphatic carbocycles. The molecule has 0 atom stereocenters. The fourth-order valence-electron chi connectivity index (χ4n) is 1.90. The van der Waals surface area contributed by atoms with Crippen LogP contribution >= 0.6 is 0 Å². The van der Waals surface area contributed by atoms with E-state index >= 15 is 0 Å². The van der Waals surface area contributed by atoms with Crippen molar-refractivity contribution in [2.75, 3.05) is 32.7 Å². The second kappa shape index (κ2) is 11.4. The van der Waals surface area contributed by atoms with Crippen molar-refractivity contribution in [1.82, 2.24) is 10.2 Å². The Morgan fingerprint density at radius 1 is 1.00 bits per heavy atom. The van der Waals surface area contributed by atoms with Gasteiger partial charge in [-0.15, -0.1) is 0 Å². The van der Waals surface area contributed by atoms with Crippen LogP contribution in [0.3, 0.4) is 0 Å². The molecule has 0 aromatic carbocycles. The molecule has 0 saturated heterocycles. The second-order valence-electron chi connectivity index (χ2n) is 5.09. The van der Waals surface area contributed by atoms with Gasteiger partial charge in [0.2, 0.25) is 0 Å². The molecular weight excluding hydrogens is 196 g/mol. The largest absolute Gasteiger partial charge is 0.316 e. The van der Waals surface area contributed by atoms with Crippen LogP contribution in [-0.2, 0) is 0 Å². The van der Waals surface area contributed by atoms with Gasteiger partial charge in [-0.2, -0.15) is 0 Å². The van der Waals surface area contributed by atoms with Gasteiger partial charge in [-0.1, -0.05) is 34.1 Å². The van der Waals surface area contributed by atoms with Crippen LogP contribution in [0.1, 0.15) is 53.4 Å². The van der Waals surface area contributed by atoms with E-state index in [1.54, 1.807) is 0 Å². The van der Waals surface area contributed by atoms with Crippen molar-refractivity contribution in [3.05, 3.63) is 0 Å². The van der Waals surface area contributed by atoms with E-state index in [1.165, 1.54) is 51.9 Å². The molecule has 0 aliphatic heterocycles. The van der Waals surface area contributed by atoms with Crippen molar-refractivity contribution in [3.63, 3.8) is 0 Å². The second-order valence-corrected chi connectivity index (χ2v) is 5.09. The molecule has 16 heavy (non-hydrogen) atoms. The van der Waals surface area contributed by atoms with Crippen LogP contribution in [0.15, 0.2) is 0 Å². The van der Waals surface area contributed by atoms with Gasteiger partial charge < -0.3 is 10.2 Å². The lowest BCUT2D eigenvalue weighted by atomic mass is 10.2. The molecule has 0 amide bonds. The number of rotatable bonds is 11. The maximum absolute atomic E-state index is 3.50. The van der Waals surface area contributed by atoms with Crippen LogP contribution in [0.2, 0.25) is 0 Å². The minimum Gasteiger partial charge on any atom is -0.316 e. The Morgan fingerprint density at radius 3 is 2.31 bits per heavy atom. The van der Waals surface area contributed by atoms with Crippen molar-refractivity contribution in [3.8, 4) is 0 Å². The highest BCUT2D eigenvalue weighted by Crippen LogP contribution is 1.99. The first-order valence-electron chi connectivity index (χ1n) is 7.13. The van der Waals surface area contributed by atoms with Gasteiger partial charge in [-0.25, -0.2) is 0 Å². The third-order valence-electron chi connectivity index (χ3n) is 2.87. The van der Waals surface area contributed by atoms with Crippen LogP contribution < -0.4 is 5.32 Å². The van der Waals surface area contributed by atoms with Gasteiger partial charge in [0.15, 0.2) is 0 Å². The molecule has 0 heterocycles. The average molecular weight is 228 g/mol. The topological polar surface area (TPSA) is 15.3 Å². The molecule has 0 aliphatic rings. The summed E-state index contributed by atoms with van der Waals surface area (Å²) in [6.07, 6.45) is 5.34. The van der Waals surface area contributed by atoms with E-state index in [2.05, 4.69) is 37.9 Å². The molecule has 0 fully saturated rings. The first kappa shape index (κ1) is 15.9. The van der Waals surface area contributed by atoms with Crippen molar-refractivity contribution >= 4 is 0 Å². The third kappa shape index (κ3) is 10.4. The van der Waals surface area contributed by atoms with Gasteiger partial charge in [0.1, 0.15) is 0 Å². The number of nitrogens with one attached hydrogen (secondary N) is 1. The minimum atomic E-state index is 0.778. The van der Waals surface area contributed by atoms with Crippen LogP contribution in [0, 0.1) is 5.92 Å². The van der Waals surface area contributed by atoms with Crippen molar-refractivity contribution in [1.29, 1.82) is 0 Å². The predicted molar refractivity (Wildman–Crippen MR) is 74.0 cm³/mol. The molecule has 1 N–H and O–H groups in total. The van der Waals surface area contributed by atoms with E-state index in [0.29, 0.717) is 0 Å². The molecule has 0 saturated carbocycles. The normalized spacial score (nSPS) is 11.6. The zero-order valence-corrected chi connectivity index (χ0v) is 11.9. The quantitative estimate of drug-likeness (QED) is 0.547. The highest BCUT2D eigenvalue weighted by atomic mass is 15.1. The van der Waals surface area contributed by atoms with E-state index in [0.717, 1.165) is 12.5 Å². The summed E-state index contributed by atoms with van der Waals surface area (Å²) in [7, 11) is 0. The summed E-state index contributed by atoms with van der Waals surface area (Å²) in [4.78, 5) is 2.56. The van der Waals surface area contributed by atoms with Crippen LogP contribution in [0.4, 0.5) is 0 Å². The van der Waals surface area contributed by atoms with E-state index in [9.17, 15) is 0 Å². The Hall–Kier alpha value is -0.0800. The molecule has 0 spiro atoms. The predicted octanol–water partition coefficient (Wildman–Crippen LogP) is 3.13. The van der Waals surface area contributed by atoms with Gasteiger partial charge in [0, 0.05) is 0 Å². The van der Waals surface area contributed by atoms with Crippen LogP contribution in [-0.4, -0.2) is 37.6 Å². The molecule has 98 valence electrons. The minimum absolute atomic E-state index is 0.778. The SMILES string of the molecule is CCCN(CC)CCCCCNCC(C)C. The molecular formula is C14H32N2. The average Bonchev–Trinajstić information content (AvgIpc) is 2.26. The summed E-state index contributed by atoms with van der Waals surface area (Å²) in [5.74, 6) is 0.778. The van der Waals surface area contributed by atoms with Crippen molar-refractivity contribution in [2.45, 2.75) is 53.4 Å². The lowest BCUT2D eigenvalue weighted by molar-refractivity contribution is 0.281. The molecule has 2 nitrogen and oxygen atoms in total. The maximum Gasteiger partial charge on any atom is -0.00188 e. The highest BCUT2D eigenvalue weighted by Gasteiger charge is 1.99. The lowest BCUT2D eigenvalue weighted by Gasteiger charge is -2.19. The summed E-state index contributed by atoms with van der Waals surface area (Å²) >= 11 is 0. The van der Waals surface area contributed by atoms with Gasteiger partial charge in [-0.3, -0.25) is 0 Å². The van der Waals surface area contributed by atoms with E-state index < -0.39 is 0 Å². The summed E-state index contributed by atoms with van der Waals surface area (Å²) in [5, 5.41) is 3.50. The lowest BCUT2D eigenvalue weighted by Crippen LogP contribution is -2.25. The van der Waals surface area contributed by atoms with Gasteiger partial charge in [0.25, 0.3) is 0 Å². The molecule has 0 unspecified atom stereocenters. The van der Waals surface area contributed by atoms with Crippen molar-refractivity contribution < 1.29 is 0 Å². The number of unbranched alkanes of at least 4 members (excludes halogenated alkanes) is 2. The fourth-order valence-corrected chi connectivity index (χ4v) is 1.90. The Morgan fingerprint density at radius 2 is 1.75 bits per heavy atom.